The van der Waals surface area contributed by atoms with Crippen LogP contribution in [-0.2, 0) is 27.8 Å². The minimum Gasteiger partial charge on any atom is -0.466 e. The van der Waals surface area contributed by atoms with Crippen molar-refractivity contribution in [1.82, 2.24) is 20.3 Å². The maximum Gasteiger partial charge on any atom is 0.306 e. The summed E-state index contributed by atoms with van der Waals surface area (Å²) in [5, 5.41) is 11.6. The Morgan fingerprint density at radius 3 is 2.72 bits per heavy atom. The van der Waals surface area contributed by atoms with Gasteiger partial charge in [0.05, 0.1) is 18.5 Å². The summed E-state index contributed by atoms with van der Waals surface area (Å²) in [5.74, 6) is -0.409. The lowest BCUT2D eigenvalue weighted by Gasteiger charge is -2.22. The van der Waals surface area contributed by atoms with Gasteiger partial charge in [0.1, 0.15) is 5.52 Å². The molecule has 0 aliphatic heterocycles. The van der Waals surface area contributed by atoms with Gasteiger partial charge in [0.15, 0.2) is 5.78 Å². The number of aryl methyl sites for hydroxylation is 2. The Labute approximate surface area is 229 Å². The lowest BCUT2D eigenvalue weighted by atomic mass is 9.84. The first-order chi connectivity index (χ1) is 18.9. The largest absolute Gasteiger partial charge is 0.466 e. The summed E-state index contributed by atoms with van der Waals surface area (Å²) in [6.07, 6.45) is 7.05. The van der Waals surface area contributed by atoms with E-state index in [-0.39, 0.29) is 42.3 Å². The SMILES string of the molecule is CCOC(=O)CC(c1ccc2c(c1)C(=O)C(CC(=O)NCC1CCCCC1)C2)c1ccc2c(nnn2C)c1C. The van der Waals surface area contributed by atoms with Crippen molar-refractivity contribution in [2.75, 3.05) is 13.2 Å². The van der Waals surface area contributed by atoms with Crippen LogP contribution >= 0.6 is 0 Å². The third-order valence-electron chi connectivity index (χ3n) is 8.51. The standard InChI is InChI=1S/C31H38N4O4/c1-4-39-29(37)17-25(24-12-13-27-30(19(24)2)33-34-35(27)3)22-11-10-21-14-23(31(38)26(21)15-22)16-28(36)32-18-20-8-6-5-7-9-20/h10-13,15,20,23,25H,4-9,14,16-18H2,1-3H3,(H,32,36). The molecule has 2 atom stereocenters. The first-order valence-corrected chi connectivity index (χ1v) is 14.2. The Hall–Kier alpha value is -3.55. The van der Waals surface area contributed by atoms with Crippen LogP contribution in [-0.4, -0.2) is 45.8 Å². The molecule has 3 aromatic rings. The molecule has 5 rings (SSSR count). The molecule has 1 saturated carbocycles. The van der Waals surface area contributed by atoms with Crippen molar-refractivity contribution in [2.45, 2.75) is 71.1 Å². The van der Waals surface area contributed by atoms with Gasteiger partial charge in [-0.25, -0.2) is 4.68 Å². The maximum absolute atomic E-state index is 13.4. The zero-order chi connectivity index (χ0) is 27.5. The van der Waals surface area contributed by atoms with Crippen LogP contribution in [0.4, 0.5) is 0 Å². The molecule has 1 amide bonds. The van der Waals surface area contributed by atoms with E-state index in [9.17, 15) is 14.4 Å². The van der Waals surface area contributed by atoms with Gasteiger partial charge >= 0.3 is 5.97 Å². The van der Waals surface area contributed by atoms with Crippen molar-refractivity contribution in [1.29, 1.82) is 0 Å². The molecular formula is C31H38N4O4. The van der Waals surface area contributed by atoms with Crippen LogP contribution in [0, 0.1) is 18.8 Å². The van der Waals surface area contributed by atoms with Crippen LogP contribution in [0.5, 0.6) is 0 Å². The second-order valence-electron chi connectivity index (χ2n) is 11.1. The molecule has 1 fully saturated rings. The molecule has 8 nitrogen and oxygen atoms in total. The fourth-order valence-corrected chi connectivity index (χ4v) is 6.33. The number of rotatable bonds is 9. The number of aromatic nitrogens is 3. The number of nitrogens with one attached hydrogen (secondary N) is 1. The smallest absolute Gasteiger partial charge is 0.306 e. The fourth-order valence-electron chi connectivity index (χ4n) is 6.33. The molecule has 0 spiro atoms. The Morgan fingerprint density at radius 2 is 1.95 bits per heavy atom. The highest BCUT2D eigenvalue weighted by atomic mass is 16.5. The Bertz CT molecular complexity index is 1390. The molecule has 1 N–H and O–H groups in total. The van der Waals surface area contributed by atoms with E-state index >= 15 is 0 Å². The molecule has 0 bridgehead atoms. The zero-order valence-electron chi connectivity index (χ0n) is 23.2. The number of nitrogens with zero attached hydrogens (tertiary/aromatic N) is 3. The molecule has 0 radical (unpaired) electrons. The number of esters is 1. The van der Waals surface area contributed by atoms with Crippen molar-refractivity contribution in [3.63, 3.8) is 0 Å². The average Bonchev–Trinajstić information content (AvgIpc) is 3.46. The molecule has 1 heterocycles. The number of benzene rings is 2. The highest BCUT2D eigenvalue weighted by molar-refractivity contribution is 6.04. The van der Waals surface area contributed by atoms with Crippen LogP contribution in [0.25, 0.3) is 11.0 Å². The monoisotopic (exact) mass is 530 g/mol. The maximum atomic E-state index is 13.4. The molecule has 1 aromatic heterocycles. The van der Waals surface area contributed by atoms with E-state index in [0.29, 0.717) is 31.1 Å². The van der Waals surface area contributed by atoms with Crippen LogP contribution < -0.4 is 5.32 Å². The third kappa shape index (κ3) is 5.75. The van der Waals surface area contributed by atoms with Crippen LogP contribution in [0.2, 0.25) is 0 Å². The summed E-state index contributed by atoms with van der Waals surface area (Å²) in [5.41, 5.74) is 6.12. The number of Topliss-reactive ketones (excluding diaryl/α,β-unsaturated/α-hetero) is 1. The number of ketones is 1. The minimum absolute atomic E-state index is 0.00986. The van der Waals surface area contributed by atoms with Gasteiger partial charge in [0.25, 0.3) is 0 Å². The molecular weight excluding hydrogens is 492 g/mol. The van der Waals surface area contributed by atoms with Crippen molar-refractivity contribution >= 4 is 28.7 Å². The number of ether oxygens (including phenoxy) is 1. The van der Waals surface area contributed by atoms with Crippen molar-refractivity contribution < 1.29 is 19.1 Å². The molecule has 39 heavy (non-hydrogen) atoms. The molecule has 8 heteroatoms. The van der Waals surface area contributed by atoms with Gasteiger partial charge in [0, 0.05) is 37.4 Å². The van der Waals surface area contributed by atoms with Gasteiger partial charge in [-0.05, 0) is 73.4 Å². The first-order valence-electron chi connectivity index (χ1n) is 14.2. The van der Waals surface area contributed by atoms with Gasteiger partial charge in [-0.2, -0.15) is 0 Å². The van der Waals surface area contributed by atoms with E-state index in [1.807, 2.05) is 44.3 Å². The second-order valence-corrected chi connectivity index (χ2v) is 11.1. The summed E-state index contributed by atoms with van der Waals surface area (Å²) >= 11 is 0. The summed E-state index contributed by atoms with van der Waals surface area (Å²) in [6.45, 7) is 4.80. The third-order valence-corrected chi connectivity index (χ3v) is 8.51. The van der Waals surface area contributed by atoms with E-state index in [1.54, 1.807) is 11.6 Å². The van der Waals surface area contributed by atoms with Crippen molar-refractivity contribution in [2.24, 2.45) is 18.9 Å². The van der Waals surface area contributed by atoms with Crippen molar-refractivity contribution in [3.8, 4) is 0 Å². The van der Waals surface area contributed by atoms with Crippen molar-refractivity contribution in [3.05, 3.63) is 58.1 Å². The van der Waals surface area contributed by atoms with Gasteiger partial charge in [-0.3, -0.25) is 14.4 Å². The summed E-state index contributed by atoms with van der Waals surface area (Å²) < 4.78 is 7.03. The van der Waals surface area contributed by atoms with Crippen LogP contribution in [0.1, 0.15) is 90.4 Å². The minimum atomic E-state index is -0.345. The lowest BCUT2D eigenvalue weighted by molar-refractivity contribution is -0.143. The molecule has 2 aliphatic rings. The number of carbonyl (C=O) groups excluding carboxylic acids is 3. The normalized spacial score (nSPS) is 18.2. The highest BCUT2D eigenvalue weighted by Gasteiger charge is 2.33. The van der Waals surface area contributed by atoms with Crippen LogP contribution in [0.3, 0.4) is 0 Å². The topological polar surface area (TPSA) is 103 Å². The quantitative estimate of drug-likeness (QED) is 0.399. The van der Waals surface area contributed by atoms with E-state index < -0.39 is 0 Å². The Morgan fingerprint density at radius 1 is 1.15 bits per heavy atom. The second kappa shape index (κ2) is 11.7. The Balaban J connectivity index is 1.36. The average molecular weight is 531 g/mol. The molecule has 2 aliphatic carbocycles. The Kier molecular flexibility index (Phi) is 8.10. The molecule has 206 valence electrons. The zero-order valence-corrected chi connectivity index (χ0v) is 23.2. The van der Waals surface area contributed by atoms with Gasteiger partial charge in [-0.1, -0.05) is 42.7 Å². The highest BCUT2D eigenvalue weighted by Crippen LogP contribution is 2.37. The molecule has 2 aromatic carbocycles. The van der Waals surface area contributed by atoms with Gasteiger partial charge in [-0.15, -0.1) is 5.10 Å². The fraction of sp³-hybridized carbons (Fsp3) is 0.516. The van der Waals surface area contributed by atoms with Gasteiger partial charge in [0.2, 0.25) is 5.91 Å². The number of hydrogen-bond acceptors (Lipinski definition) is 6. The van der Waals surface area contributed by atoms with E-state index in [0.717, 1.165) is 33.3 Å². The predicted molar refractivity (Wildman–Crippen MR) is 149 cm³/mol. The molecule has 0 saturated heterocycles. The summed E-state index contributed by atoms with van der Waals surface area (Å²) in [4.78, 5) is 38.8. The summed E-state index contributed by atoms with van der Waals surface area (Å²) in [6, 6.07) is 9.89. The van der Waals surface area contributed by atoms with Crippen LogP contribution in [0.15, 0.2) is 30.3 Å². The molecule has 2 unspecified atom stereocenters. The number of carbonyl (C=O) groups is 3. The van der Waals surface area contributed by atoms with E-state index in [2.05, 4.69) is 15.6 Å². The predicted octanol–water partition coefficient (Wildman–Crippen LogP) is 4.80. The van der Waals surface area contributed by atoms with E-state index in [1.165, 1.54) is 32.1 Å². The number of hydrogen-bond donors (Lipinski definition) is 1. The number of fused-ring (bicyclic) bond motifs is 2. The van der Waals surface area contributed by atoms with E-state index in [4.69, 9.17) is 4.74 Å². The number of amides is 1. The first kappa shape index (κ1) is 27.0. The van der Waals surface area contributed by atoms with Gasteiger partial charge < -0.3 is 10.1 Å². The lowest BCUT2D eigenvalue weighted by Crippen LogP contribution is -2.32. The summed E-state index contributed by atoms with van der Waals surface area (Å²) in [7, 11) is 1.85.